The van der Waals surface area contributed by atoms with Gasteiger partial charge in [-0.05, 0) is 25.7 Å². The molecule has 0 aromatic carbocycles. The fourth-order valence-electron chi connectivity index (χ4n) is 2.08. The fourth-order valence-corrected chi connectivity index (χ4v) is 2.35. The molecule has 0 aliphatic heterocycles. The summed E-state index contributed by atoms with van der Waals surface area (Å²) in [6, 6.07) is 0. The minimum atomic E-state index is 0.811. The lowest BCUT2D eigenvalue weighted by Gasteiger charge is -2.08. The van der Waals surface area contributed by atoms with E-state index in [1.807, 2.05) is 0 Å². The lowest BCUT2D eigenvalue weighted by molar-refractivity contribution is -0.105. The van der Waals surface area contributed by atoms with Gasteiger partial charge in [0.25, 0.3) is 0 Å². The maximum absolute atomic E-state index is 10.8. The molecule has 1 aliphatic carbocycles. The SMILES string of the molecule is O=C/C1=C(\Cl)CCCCCCCCCC1. The molecule has 1 rings (SSSR count). The largest absolute Gasteiger partial charge is 0.298 e. The minimum absolute atomic E-state index is 0.811. The van der Waals surface area contributed by atoms with Crippen LogP contribution in [-0.2, 0) is 4.79 Å². The second-order valence-electron chi connectivity index (χ2n) is 4.38. The van der Waals surface area contributed by atoms with Crippen LogP contribution in [0.2, 0.25) is 0 Å². The Hall–Kier alpha value is -0.300. The molecule has 0 aromatic heterocycles. The lowest BCUT2D eigenvalue weighted by Crippen LogP contribution is -1.92. The molecular formula is C13H21ClO. The normalized spacial score (nSPS) is 26.5. The number of rotatable bonds is 1. The number of carbonyl (C=O) groups excluding carboxylic acids is 1. The van der Waals surface area contributed by atoms with Crippen molar-refractivity contribution in [2.45, 2.75) is 64.2 Å². The van der Waals surface area contributed by atoms with E-state index in [0.717, 1.165) is 42.6 Å². The van der Waals surface area contributed by atoms with Crippen molar-refractivity contribution in [3.05, 3.63) is 10.6 Å². The van der Waals surface area contributed by atoms with E-state index >= 15 is 0 Å². The predicted molar refractivity (Wildman–Crippen MR) is 65.1 cm³/mol. The van der Waals surface area contributed by atoms with E-state index in [0.29, 0.717) is 0 Å². The molecule has 0 saturated heterocycles. The van der Waals surface area contributed by atoms with E-state index in [1.165, 1.54) is 38.5 Å². The smallest absolute Gasteiger partial charge is 0.147 e. The van der Waals surface area contributed by atoms with Crippen LogP contribution in [0, 0.1) is 0 Å². The van der Waals surface area contributed by atoms with Crippen molar-refractivity contribution < 1.29 is 4.79 Å². The summed E-state index contributed by atoms with van der Waals surface area (Å²) in [5.41, 5.74) is 0.845. The summed E-state index contributed by atoms with van der Waals surface area (Å²) in [6.07, 6.45) is 12.8. The van der Waals surface area contributed by atoms with E-state index in [4.69, 9.17) is 11.6 Å². The van der Waals surface area contributed by atoms with Gasteiger partial charge in [-0.15, -0.1) is 0 Å². The van der Waals surface area contributed by atoms with E-state index < -0.39 is 0 Å². The Morgan fingerprint density at radius 3 is 1.80 bits per heavy atom. The Balaban J connectivity index is 2.49. The van der Waals surface area contributed by atoms with Crippen LogP contribution >= 0.6 is 11.6 Å². The van der Waals surface area contributed by atoms with Gasteiger partial charge in [0.1, 0.15) is 6.29 Å². The van der Waals surface area contributed by atoms with Crippen LogP contribution in [-0.4, -0.2) is 6.29 Å². The van der Waals surface area contributed by atoms with Gasteiger partial charge in [0.2, 0.25) is 0 Å². The standard InChI is InChI=1S/C13H21ClO/c14-13-10-8-6-4-2-1-3-5-7-9-12(13)11-15/h11H,1-10H2/b13-12-. The average Bonchev–Trinajstić information content (AvgIpc) is 2.23. The third-order valence-corrected chi connectivity index (χ3v) is 3.51. The molecule has 0 spiro atoms. The van der Waals surface area contributed by atoms with Gasteiger partial charge in [0.15, 0.2) is 0 Å². The van der Waals surface area contributed by atoms with Crippen molar-refractivity contribution in [3.63, 3.8) is 0 Å². The molecule has 0 unspecified atom stereocenters. The van der Waals surface area contributed by atoms with Crippen molar-refractivity contribution in [1.29, 1.82) is 0 Å². The van der Waals surface area contributed by atoms with E-state index in [2.05, 4.69) is 0 Å². The van der Waals surface area contributed by atoms with Gasteiger partial charge >= 0.3 is 0 Å². The first-order chi connectivity index (χ1) is 7.34. The van der Waals surface area contributed by atoms with Crippen LogP contribution in [0.25, 0.3) is 0 Å². The van der Waals surface area contributed by atoms with Crippen LogP contribution in [0.5, 0.6) is 0 Å². The molecule has 1 nitrogen and oxygen atoms in total. The van der Waals surface area contributed by atoms with E-state index in [-0.39, 0.29) is 0 Å². The molecule has 86 valence electrons. The Labute approximate surface area is 97.9 Å². The van der Waals surface area contributed by atoms with Crippen LogP contribution in [0.4, 0.5) is 0 Å². The van der Waals surface area contributed by atoms with Crippen molar-refractivity contribution in [1.82, 2.24) is 0 Å². The van der Waals surface area contributed by atoms with Gasteiger partial charge in [0, 0.05) is 10.6 Å². The van der Waals surface area contributed by atoms with Gasteiger partial charge in [-0.3, -0.25) is 4.79 Å². The molecule has 0 saturated carbocycles. The minimum Gasteiger partial charge on any atom is -0.298 e. The van der Waals surface area contributed by atoms with Gasteiger partial charge in [0.05, 0.1) is 0 Å². The van der Waals surface area contributed by atoms with Gasteiger partial charge < -0.3 is 0 Å². The van der Waals surface area contributed by atoms with E-state index in [9.17, 15) is 4.79 Å². The van der Waals surface area contributed by atoms with Gasteiger partial charge in [-0.25, -0.2) is 0 Å². The Kier molecular flexibility index (Phi) is 6.74. The predicted octanol–water partition coefficient (Wildman–Crippen LogP) is 4.59. The Bertz CT molecular complexity index is 221. The summed E-state index contributed by atoms with van der Waals surface area (Å²) in [5, 5.41) is 0.811. The Morgan fingerprint density at radius 2 is 1.27 bits per heavy atom. The zero-order chi connectivity index (χ0) is 10.9. The quantitative estimate of drug-likeness (QED) is 0.600. The van der Waals surface area contributed by atoms with Crippen molar-refractivity contribution in [2.75, 3.05) is 0 Å². The third kappa shape index (κ3) is 5.36. The number of aldehydes is 1. The number of hydrogen-bond acceptors (Lipinski definition) is 1. The molecule has 0 N–H and O–H groups in total. The maximum Gasteiger partial charge on any atom is 0.147 e. The highest BCUT2D eigenvalue weighted by molar-refractivity contribution is 6.31. The first kappa shape index (κ1) is 12.8. The van der Waals surface area contributed by atoms with Crippen LogP contribution in [0.15, 0.2) is 10.6 Å². The summed E-state index contributed by atoms with van der Waals surface area (Å²) < 4.78 is 0. The molecule has 1 aliphatic rings. The molecule has 0 fully saturated rings. The zero-order valence-corrected chi connectivity index (χ0v) is 10.2. The molecule has 15 heavy (non-hydrogen) atoms. The number of allylic oxidation sites excluding steroid dienone is 2. The summed E-state index contributed by atoms with van der Waals surface area (Å²) >= 11 is 6.13. The van der Waals surface area contributed by atoms with Crippen LogP contribution in [0.3, 0.4) is 0 Å². The summed E-state index contributed by atoms with van der Waals surface area (Å²) in [4.78, 5) is 10.8. The zero-order valence-electron chi connectivity index (χ0n) is 9.43. The average molecular weight is 229 g/mol. The highest BCUT2D eigenvalue weighted by Gasteiger charge is 2.05. The number of halogens is 1. The monoisotopic (exact) mass is 228 g/mol. The topological polar surface area (TPSA) is 17.1 Å². The van der Waals surface area contributed by atoms with E-state index in [1.54, 1.807) is 0 Å². The number of carbonyl (C=O) groups is 1. The summed E-state index contributed by atoms with van der Waals surface area (Å²) in [7, 11) is 0. The molecule has 0 aromatic rings. The first-order valence-corrected chi connectivity index (χ1v) is 6.55. The van der Waals surface area contributed by atoms with Gasteiger partial charge in [-0.2, -0.15) is 0 Å². The maximum atomic E-state index is 10.8. The van der Waals surface area contributed by atoms with Crippen molar-refractivity contribution >= 4 is 17.9 Å². The molecule has 0 bridgehead atoms. The van der Waals surface area contributed by atoms with Crippen molar-refractivity contribution in [2.24, 2.45) is 0 Å². The molecule has 0 amide bonds. The molecule has 0 radical (unpaired) electrons. The highest BCUT2D eigenvalue weighted by Crippen LogP contribution is 2.22. The molecule has 0 atom stereocenters. The second-order valence-corrected chi connectivity index (χ2v) is 4.83. The highest BCUT2D eigenvalue weighted by atomic mass is 35.5. The first-order valence-electron chi connectivity index (χ1n) is 6.17. The Morgan fingerprint density at radius 1 is 0.800 bits per heavy atom. The summed E-state index contributed by atoms with van der Waals surface area (Å²) in [6.45, 7) is 0. The van der Waals surface area contributed by atoms with Crippen molar-refractivity contribution in [3.8, 4) is 0 Å². The second kappa shape index (κ2) is 7.92. The van der Waals surface area contributed by atoms with Gasteiger partial charge in [-0.1, -0.05) is 50.1 Å². The molecule has 0 heterocycles. The molecule has 2 heteroatoms. The summed E-state index contributed by atoms with van der Waals surface area (Å²) in [5.74, 6) is 0. The lowest BCUT2D eigenvalue weighted by atomic mass is 10.0. The van der Waals surface area contributed by atoms with Crippen LogP contribution < -0.4 is 0 Å². The third-order valence-electron chi connectivity index (χ3n) is 3.08. The fraction of sp³-hybridized carbons (Fsp3) is 0.769. The van der Waals surface area contributed by atoms with Crippen LogP contribution in [0.1, 0.15) is 64.2 Å². The number of hydrogen-bond donors (Lipinski definition) is 0. The molecular weight excluding hydrogens is 208 g/mol.